The number of carbonyl (C=O) groups excluding carboxylic acids is 1. The first-order chi connectivity index (χ1) is 14.9. The van der Waals surface area contributed by atoms with E-state index >= 15 is 0 Å². The monoisotopic (exact) mass is 481 g/mol. The van der Waals surface area contributed by atoms with E-state index in [1.807, 2.05) is 48.1 Å². The van der Waals surface area contributed by atoms with Crippen molar-refractivity contribution < 1.29 is 4.79 Å². The van der Waals surface area contributed by atoms with Gasteiger partial charge in [-0.3, -0.25) is 4.68 Å². The van der Waals surface area contributed by atoms with E-state index in [0.29, 0.717) is 5.92 Å². The van der Waals surface area contributed by atoms with Gasteiger partial charge in [0.15, 0.2) is 0 Å². The number of carbonyl (C=O) groups is 1. The van der Waals surface area contributed by atoms with Crippen molar-refractivity contribution in [3.8, 4) is 11.3 Å². The van der Waals surface area contributed by atoms with Crippen molar-refractivity contribution in [1.82, 2.24) is 9.78 Å². The molecule has 2 N–H and O–H groups in total. The van der Waals surface area contributed by atoms with Crippen LogP contribution in [0.25, 0.3) is 11.3 Å². The van der Waals surface area contributed by atoms with E-state index in [4.69, 9.17) is 0 Å². The topological polar surface area (TPSA) is 62.2 Å². The minimum atomic E-state index is -0.258. The summed E-state index contributed by atoms with van der Waals surface area (Å²) in [5.74, 6) is 0.459. The van der Waals surface area contributed by atoms with Gasteiger partial charge < -0.3 is 15.5 Å². The highest BCUT2D eigenvalue weighted by molar-refractivity contribution is 9.10. The molecule has 0 atom stereocenters. The van der Waals surface area contributed by atoms with Gasteiger partial charge in [-0.2, -0.15) is 5.10 Å². The number of aryl methyl sites for hydroxylation is 1. The summed E-state index contributed by atoms with van der Waals surface area (Å²) in [5.41, 5.74) is 5.87. The quantitative estimate of drug-likeness (QED) is 0.454. The van der Waals surface area contributed by atoms with Crippen molar-refractivity contribution in [1.29, 1.82) is 0 Å². The summed E-state index contributed by atoms with van der Waals surface area (Å²) < 4.78 is 2.77. The molecule has 2 heterocycles. The normalized spacial score (nSPS) is 13.6. The summed E-state index contributed by atoms with van der Waals surface area (Å²) in [5, 5.41) is 10.3. The smallest absolute Gasteiger partial charge is 0.323 e. The van der Waals surface area contributed by atoms with E-state index in [0.717, 1.165) is 45.9 Å². The highest BCUT2D eigenvalue weighted by Gasteiger charge is 2.17. The number of hydrogen-bond donors (Lipinski definition) is 2. The van der Waals surface area contributed by atoms with Gasteiger partial charge >= 0.3 is 6.03 Å². The molecule has 4 rings (SSSR count). The summed E-state index contributed by atoms with van der Waals surface area (Å²) in [6.07, 6.45) is 4.17. The Morgan fingerprint density at radius 3 is 2.32 bits per heavy atom. The SMILES string of the molecule is CC(C)c1ccc(NC(=O)Nc2cc(-c3c(Br)cnn3C)cc(N3CCCC3)c2)cc1. The van der Waals surface area contributed by atoms with Gasteiger partial charge in [-0.1, -0.05) is 26.0 Å². The summed E-state index contributed by atoms with van der Waals surface area (Å²) in [6, 6.07) is 13.9. The Balaban J connectivity index is 1.58. The molecule has 3 aromatic rings. The first-order valence-electron chi connectivity index (χ1n) is 10.7. The Labute approximate surface area is 191 Å². The Bertz CT molecular complexity index is 1050. The van der Waals surface area contributed by atoms with Crippen molar-refractivity contribution in [3.63, 3.8) is 0 Å². The highest BCUT2D eigenvalue weighted by Crippen LogP contribution is 2.34. The van der Waals surface area contributed by atoms with Crippen molar-refractivity contribution in [3.05, 3.63) is 58.7 Å². The third-order valence-corrected chi connectivity index (χ3v) is 6.23. The molecule has 1 fully saturated rings. The lowest BCUT2D eigenvalue weighted by Gasteiger charge is -2.20. The number of nitrogens with zero attached hydrogens (tertiary/aromatic N) is 3. The molecule has 0 radical (unpaired) electrons. The molecule has 0 spiro atoms. The second-order valence-electron chi connectivity index (χ2n) is 8.28. The largest absolute Gasteiger partial charge is 0.371 e. The second kappa shape index (κ2) is 9.14. The van der Waals surface area contributed by atoms with E-state index in [-0.39, 0.29) is 6.03 Å². The summed E-state index contributed by atoms with van der Waals surface area (Å²) in [4.78, 5) is 15.1. The predicted octanol–water partition coefficient (Wildman–Crippen LogP) is 6.22. The predicted molar refractivity (Wildman–Crippen MR) is 131 cm³/mol. The second-order valence-corrected chi connectivity index (χ2v) is 9.14. The Morgan fingerprint density at radius 1 is 1.03 bits per heavy atom. The van der Waals surface area contributed by atoms with E-state index < -0.39 is 0 Å². The summed E-state index contributed by atoms with van der Waals surface area (Å²) >= 11 is 3.60. The molecule has 162 valence electrons. The molecule has 1 saturated heterocycles. The van der Waals surface area contributed by atoms with Gasteiger partial charge in [-0.05, 0) is 70.6 Å². The van der Waals surface area contributed by atoms with Crippen molar-refractivity contribution in [2.24, 2.45) is 7.05 Å². The first-order valence-corrected chi connectivity index (χ1v) is 11.5. The molecule has 2 amide bonds. The van der Waals surface area contributed by atoms with Crippen LogP contribution in [0.15, 0.2) is 53.1 Å². The van der Waals surface area contributed by atoms with Crippen LogP contribution in [-0.2, 0) is 7.05 Å². The molecule has 0 aliphatic carbocycles. The zero-order valence-corrected chi connectivity index (χ0v) is 19.7. The highest BCUT2D eigenvalue weighted by atomic mass is 79.9. The average molecular weight is 482 g/mol. The number of urea groups is 1. The van der Waals surface area contributed by atoms with E-state index in [9.17, 15) is 4.79 Å². The summed E-state index contributed by atoms with van der Waals surface area (Å²) in [7, 11) is 1.92. The third-order valence-electron chi connectivity index (χ3n) is 5.65. The number of hydrogen-bond acceptors (Lipinski definition) is 3. The molecule has 1 aliphatic heterocycles. The van der Waals surface area contributed by atoms with E-state index in [1.54, 1.807) is 6.20 Å². The fourth-order valence-electron chi connectivity index (χ4n) is 3.96. The standard InChI is InChI=1S/C24H28BrN5O/c1-16(2)17-6-8-19(9-7-17)27-24(31)28-20-12-18(23-22(25)15-26-29(23)3)13-21(14-20)30-10-4-5-11-30/h6-9,12-16H,4-5,10-11H2,1-3H3,(H2,27,28,31). The number of nitrogens with one attached hydrogen (secondary N) is 2. The van der Waals surface area contributed by atoms with Gasteiger partial charge in [0.05, 0.1) is 16.4 Å². The molecule has 0 bridgehead atoms. The maximum atomic E-state index is 12.7. The van der Waals surface area contributed by atoms with Crippen LogP contribution in [0.2, 0.25) is 0 Å². The zero-order valence-electron chi connectivity index (χ0n) is 18.2. The fraction of sp³-hybridized carbons (Fsp3) is 0.333. The number of halogens is 1. The van der Waals surface area contributed by atoms with E-state index in [1.165, 1.54) is 18.4 Å². The van der Waals surface area contributed by atoms with Crippen LogP contribution in [0.1, 0.15) is 38.2 Å². The van der Waals surface area contributed by atoms with E-state index in [2.05, 4.69) is 56.5 Å². The lowest BCUT2D eigenvalue weighted by Crippen LogP contribution is -2.21. The minimum Gasteiger partial charge on any atom is -0.371 e. The van der Waals surface area contributed by atoms with Crippen LogP contribution in [0.3, 0.4) is 0 Å². The lowest BCUT2D eigenvalue weighted by atomic mass is 10.0. The number of rotatable bonds is 5. The number of anilines is 3. The molecule has 1 aliphatic rings. The van der Waals surface area contributed by atoms with Gasteiger partial charge in [0.2, 0.25) is 0 Å². The maximum absolute atomic E-state index is 12.7. The van der Waals surface area contributed by atoms with Gasteiger partial charge in [0, 0.05) is 42.8 Å². The fourth-order valence-corrected chi connectivity index (χ4v) is 4.54. The van der Waals surface area contributed by atoms with Gasteiger partial charge in [-0.15, -0.1) is 0 Å². The molecule has 1 aromatic heterocycles. The van der Waals surface area contributed by atoms with Crippen LogP contribution in [0.4, 0.5) is 21.9 Å². The Kier molecular flexibility index (Phi) is 6.32. The number of aromatic nitrogens is 2. The molecule has 0 saturated carbocycles. The van der Waals surface area contributed by atoms with Crippen molar-refractivity contribution >= 4 is 39.0 Å². The van der Waals surface area contributed by atoms with Crippen LogP contribution >= 0.6 is 15.9 Å². The van der Waals surface area contributed by atoms with Gasteiger partial charge in [0.25, 0.3) is 0 Å². The summed E-state index contributed by atoms with van der Waals surface area (Å²) in [6.45, 7) is 6.37. The Morgan fingerprint density at radius 2 is 1.71 bits per heavy atom. The number of amides is 2. The zero-order chi connectivity index (χ0) is 22.0. The van der Waals surface area contributed by atoms with Crippen molar-refractivity contribution in [2.75, 3.05) is 28.6 Å². The number of benzene rings is 2. The van der Waals surface area contributed by atoms with Crippen LogP contribution in [0.5, 0.6) is 0 Å². The molecular formula is C24H28BrN5O. The van der Waals surface area contributed by atoms with Gasteiger partial charge in [0.1, 0.15) is 0 Å². The van der Waals surface area contributed by atoms with Crippen LogP contribution in [0, 0.1) is 0 Å². The lowest BCUT2D eigenvalue weighted by molar-refractivity contribution is 0.262. The molecular weight excluding hydrogens is 454 g/mol. The molecule has 7 heteroatoms. The average Bonchev–Trinajstić information content (AvgIpc) is 3.38. The van der Waals surface area contributed by atoms with Crippen LogP contribution < -0.4 is 15.5 Å². The molecule has 6 nitrogen and oxygen atoms in total. The third kappa shape index (κ3) is 4.93. The van der Waals surface area contributed by atoms with Gasteiger partial charge in [-0.25, -0.2) is 4.79 Å². The molecule has 2 aromatic carbocycles. The Hall–Kier alpha value is -2.80. The van der Waals surface area contributed by atoms with Crippen molar-refractivity contribution in [2.45, 2.75) is 32.6 Å². The molecule has 31 heavy (non-hydrogen) atoms. The first kappa shape index (κ1) is 21.4. The van der Waals surface area contributed by atoms with Crippen LogP contribution in [-0.4, -0.2) is 28.9 Å². The molecule has 0 unspecified atom stereocenters. The minimum absolute atomic E-state index is 0.258. The maximum Gasteiger partial charge on any atom is 0.323 e.